The minimum absolute atomic E-state index is 0.105. The van der Waals surface area contributed by atoms with Crippen LogP contribution in [0.2, 0.25) is 0 Å². The number of benzene rings is 1. The van der Waals surface area contributed by atoms with Gasteiger partial charge >= 0.3 is 6.03 Å². The summed E-state index contributed by atoms with van der Waals surface area (Å²) >= 11 is 1.22. The van der Waals surface area contributed by atoms with Gasteiger partial charge in [0.25, 0.3) is 5.91 Å². The van der Waals surface area contributed by atoms with Gasteiger partial charge < -0.3 is 16.2 Å². The molecule has 1 saturated carbocycles. The molecule has 0 unspecified atom stereocenters. The first-order chi connectivity index (χ1) is 11.0. The number of fused-ring (bicyclic) bond motifs is 1. The van der Waals surface area contributed by atoms with E-state index in [0.717, 1.165) is 25.7 Å². The summed E-state index contributed by atoms with van der Waals surface area (Å²) in [6.07, 6.45) is 5.43. The van der Waals surface area contributed by atoms with Crippen LogP contribution in [0, 0.1) is 0 Å². The molecule has 6 nitrogen and oxygen atoms in total. The third-order valence-electron chi connectivity index (χ3n) is 4.09. The van der Waals surface area contributed by atoms with Gasteiger partial charge in [-0.2, -0.15) is 0 Å². The van der Waals surface area contributed by atoms with Gasteiger partial charge in [-0.15, -0.1) is 11.3 Å². The Labute approximate surface area is 137 Å². The highest BCUT2D eigenvalue weighted by molar-refractivity contribution is 7.23. The summed E-state index contributed by atoms with van der Waals surface area (Å²) in [5.41, 5.74) is 5.74. The standard InChI is InChI=1S/C16H19N3O3S/c17-14(21)13-11-7-6-10(20)8-12(11)23-15(13)19-16(22)18-9-4-2-1-3-5-9/h6-9,20H,1-5H2,(H2,17,21)(H2,18,19,22). The van der Waals surface area contributed by atoms with Gasteiger partial charge in [0.05, 0.1) is 5.56 Å². The lowest BCUT2D eigenvalue weighted by Gasteiger charge is -2.22. The Morgan fingerprint density at radius 3 is 2.65 bits per heavy atom. The van der Waals surface area contributed by atoms with Crippen molar-refractivity contribution in [2.75, 3.05) is 5.32 Å². The van der Waals surface area contributed by atoms with Crippen LogP contribution in [0.15, 0.2) is 18.2 Å². The molecule has 0 radical (unpaired) electrons. The lowest BCUT2D eigenvalue weighted by Crippen LogP contribution is -2.39. The van der Waals surface area contributed by atoms with Crippen molar-refractivity contribution in [1.82, 2.24) is 5.32 Å². The lowest BCUT2D eigenvalue weighted by molar-refractivity contribution is 0.100. The van der Waals surface area contributed by atoms with Crippen LogP contribution < -0.4 is 16.4 Å². The summed E-state index contributed by atoms with van der Waals surface area (Å²) in [7, 11) is 0. The first kappa shape index (κ1) is 15.6. The molecule has 5 N–H and O–H groups in total. The lowest BCUT2D eigenvalue weighted by atomic mass is 9.96. The van der Waals surface area contributed by atoms with E-state index in [1.54, 1.807) is 12.1 Å². The maximum atomic E-state index is 12.2. The van der Waals surface area contributed by atoms with Crippen molar-refractivity contribution < 1.29 is 14.7 Å². The Morgan fingerprint density at radius 2 is 1.96 bits per heavy atom. The largest absolute Gasteiger partial charge is 0.508 e. The van der Waals surface area contributed by atoms with E-state index in [1.807, 2.05) is 0 Å². The van der Waals surface area contributed by atoms with Crippen LogP contribution in [0.25, 0.3) is 10.1 Å². The molecule has 3 rings (SSSR count). The van der Waals surface area contributed by atoms with Crippen LogP contribution in [-0.4, -0.2) is 23.1 Å². The fourth-order valence-corrected chi connectivity index (χ4v) is 4.13. The van der Waals surface area contributed by atoms with Gasteiger partial charge in [-0.1, -0.05) is 19.3 Å². The highest BCUT2D eigenvalue weighted by Gasteiger charge is 2.21. The van der Waals surface area contributed by atoms with Gasteiger partial charge in [0.1, 0.15) is 10.8 Å². The molecule has 0 bridgehead atoms. The SMILES string of the molecule is NC(=O)c1c(NC(=O)NC2CCCCC2)sc2cc(O)ccc12. The van der Waals surface area contributed by atoms with Crippen molar-refractivity contribution >= 4 is 38.4 Å². The van der Waals surface area contributed by atoms with Crippen molar-refractivity contribution in [3.05, 3.63) is 23.8 Å². The molecule has 7 heteroatoms. The second kappa shape index (κ2) is 6.45. The Morgan fingerprint density at radius 1 is 1.22 bits per heavy atom. The highest BCUT2D eigenvalue weighted by Crippen LogP contribution is 2.37. The van der Waals surface area contributed by atoms with E-state index in [2.05, 4.69) is 10.6 Å². The van der Waals surface area contributed by atoms with Gasteiger partial charge in [0, 0.05) is 16.1 Å². The van der Waals surface area contributed by atoms with Crippen molar-refractivity contribution in [1.29, 1.82) is 0 Å². The van der Waals surface area contributed by atoms with Crippen LogP contribution >= 0.6 is 11.3 Å². The highest BCUT2D eigenvalue weighted by atomic mass is 32.1. The number of phenolic OH excluding ortho intramolecular Hbond substituents is 1. The van der Waals surface area contributed by atoms with Crippen LogP contribution in [0.5, 0.6) is 5.75 Å². The van der Waals surface area contributed by atoms with Crippen molar-refractivity contribution in [3.63, 3.8) is 0 Å². The van der Waals surface area contributed by atoms with E-state index < -0.39 is 5.91 Å². The number of amides is 3. The number of aromatic hydroxyl groups is 1. The number of anilines is 1. The molecular formula is C16H19N3O3S. The maximum absolute atomic E-state index is 12.2. The molecule has 1 fully saturated rings. The number of nitrogens with two attached hydrogens (primary N) is 1. The van der Waals surface area contributed by atoms with E-state index in [-0.39, 0.29) is 23.4 Å². The normalized spacial score (nSPS) is 15.5. The molecular weight excluding hydrogens is 314 g/mol. The number of rotatable bonds is 3. The van der Waals surface area contributed by atoms with Gasteiger partial charge in [-0.05, 0) is 31.0 Å². The molecule has 2 aromatic rings. The third kappa shape index (κ3) is 3.39. The Kier molecular flexibility index (Phi) is 4.38. The van der Waals surface area contributed by atoms with Crippen LogP contribution in [0.4, 0.5) is 9.80 Å². The fraction of sp³-hybridized carbons (Fsp3) is 0.375. The fourth-order valence-electron chi connectivity index (χ4n) is 2.99. The number of urea groups is 1. The van der Waals surface area contributed by atoms with Gasteiger partial charge in [0.2, 0.25) is 0 Å². The zero-order valence-corrected chi connectivity index (χ0v) is 13.4. The number of carbonyl (C=O) groups is 2. The predicted octanol–water partition coefficient (Wildman–Crippen LogP) is 3.16. The number of thiophene rings is 1. The minimum Gasteiger partial charge on any atom is -0.508 e. The second-order valence-corrected chi connectivity index (χ2v) is 6.84. The van der Waals surface area contributed by atoms with E-state index in [0.29, 0.717) is 15.1 Å². The summed E-state index contributed by atoms with van der Waals surface area (Å²) in [6.45, 7) is 0. The zero-order valence-electron chi connectivity index (χ0n) is 12.6. The molecule has 0 atom stereocenters. The minimum atomic E-state index is -0.602. The molecule has 0 aliphatic heterocycles. The average molecular weight is 333 g/mol. The first-order valence-corrected chi connectivity index (χ1v) is 8.49. The van der Waals surface area contributed by atoms with Gasteiger partial charge in [0.15, 0.2) is 0 Å². The third-order valence-corrected chi connectivity index (χ3v) is 5.16. The zero-order chi connectivity index (χ0) is 16.4. The molecule has 0 spiro atoms. The summed E-state index contributed by atoms with van der Waals surface area (Å²) in [6, 6.07) is 4.53. The predicted molar refractivity (Wildman–Crippen MR) is 91.0 cm³/mol. The van der Waals surface area contributed by atoms with E-state index in [4.69, 9.17) is 5.73 Å². The number of primary amides is 1. The molecule has 23 heavy (non-hydrogen) atoms. The molecule has 1 aliphatic rings. The molecule has 1 aliphatic carbocycles. The second-order valence-electron chi connectivity index (χ2n) is 5.78. The molecule has 0 saturated heterocycles. The molecule has 1 aromatic carbocycles. The van der Waals surface area contributed by atoms with Crippen LogP contribution in [0.1, 0.15) is 42.5 Å². The first-order valence-electron chi connectivity index (χ1n) is 7.67. The van der Waals surface area contributed by atoms with Crippen LogP contribution in [0.3, 0.4) is 0 Å². The Hall–Kier alpha value is -2.28. The number of hydrogen-bond donors (Lipinski definition) is 4. The van der Waals surface area contributed by atoms with Crippen molar-refractivity contribution in [2.24, 2.45) is 5.73 Å². The maximum Gasteiger partial charge on any atom is 0.320 e. The van der Waals surface area contributed by atoms with E-state index in [9.17, 15) is 14.7 Å². The number of phenols is 1. The summed E-state index contributed by atoms with van der Waals surface area (Å²) < 4.78 is 0.701. The monoisotopic (exact) mass is 333 g/mol. The number of hydrogen-bond acceptors (Lipinski definition) is 4. The van der Waals surface area contributed by atoms with Crippen molar-refractivity contribution in [3.8, 4) is 5.75 Å². The summed E-state index contributed by atoms with van der Waals surface area (Å²) in [4.78, 5) is 23.9. The van der Waals surface area contributed by atoms with Gasteiger partial charge in [-0.3, -0.25) is 10.1 Å². The average Bonchev–Trinajstić information content (AvgIpc) is 2.84. The number of carbonyl (C=O) groups excluding carboxylic acids is 2. The molecule has 122 valence electrons. The van der Waals surface area contributed by atoms with E-state index >= 15 is 0 Å². The molecule has 1 heterocycles. The Balaban J connectivity index is 1.82. The van der Waals surface area contributed by atoms with Crippen LogP contribution in [-0.2, 0) is 0 Å². The molecule has 3 amide bonds. The topological polar surface area (TPSA) is 104 Å². The molecule has 1 aromatic heterocycles. The smallest absolute Gasteiger partial charge is 0.320 e. The summed E-state index contributed by atoms with van der Waals surface area (Å²) in [5.74, 6) is -0.497. The number of nitrogens with one attached hydrogen (secondary N) is 2. The van der Waals surface area contributed by atoms with Gasteiger partial charge in [-0.25, -0.2) is 4.79 Å². The Bertz CT molecular complexity index is 750. The van der Waals surface area contributed by atoms with Crippen molar-refractivity contribution in [2.45, 2.75) is 38.1 Å². The summed E-state index contributed by atoms with van der Waals surface area (Å²) in [5, 5.41) is 16.3. The quantitative estimate of drug-likeness (QED) is 0.693. The van der Waals surface area contributed by atoms with E-state index in [1.165, 1.54) is 23.8 Å².